The molecule has 5 heteroatoms. The van der Waals surface area contributed by atoms with Gasteiger partial charge in [-0.25, -0.2) is 4.79 Å². The lowest BCUT2D eigenvalue weighted by atomic mass is 10.1. The lowest BCUT2D eigenvalue weighted by molar-refractivity contribution is 0.0513. The molecule has 2 aromatic carbocycles. The Morgan fingerprint density at radius 2 is 1.71 bits per heavy atom. The van der Waals surface area contributed by atoms with Gasteiger partial charge in [-0.3, -0.25) is 4.79 Å². The van der Waals surface area contributed by atoms with Crippen LogP contribution in [0.1, 0.15) is 57.1 Å². The van der Waals surface area contributed by atoms with Gasteiger partial charge in [0.25, 0.3) is 5.91 Å². The maximum atomic E-state index is 13.8. The van der Waals surface area contributed by atoms with Crippen LogP contribution in [0.5, 0.6) is 0 Å². The Morgan fingerprint density at radius 3 is 2.42 bits per heavy atom. The molecule has 1 amide bonds. The van der Waals surface area contributed by atoms with E-state index in [1.54, 1.807) is 6.92 Å². The normalized spacial score (nSPS) is 15.1. The van der Waals surface area contributed by atoms with Crippen molar-refractivity contribution in [2.45, 2.75) is 46.7 Å². The molecule has 0 spiro atoms. The average molecular weight is 417 g/mol. The molecule has 2 heterocycles. The first kappa shape index (κ1) is 20.9. The number of ether oxygens (including phenoxy) is 1. The summed E-state index contributed by atoms with van der Waals surface area (Å²) in [6, 6.07) is 18.0. The van der Waals surface area contributed by atoms with Crippen LogP contribution in [0.4, 0.5) is 5.69 Å². The molecule has 0 fully saturated rings. The zero-order valence-electron chi connectivity index (χ0n) is 18.5. The van der Waals surface area contributed by atoms with Crippen molar-refractivity contribution < 1.29 is 14.3 Å². The number of para-hydroxylation sites is 1. The largest absolute Gasteiger partial charge is 0.461 e. The molecule has 0 aliphatic carbocycles. The number of carbonyl (C=O) groups excluding carboxylic acids is 2. The van der Waals surface area contributed by atoms with Crippen molar-refractivity contribution in [3.63, 3.8) is 0 Å². The van der Waals surface area contributed by atoms with Crippen LogP contribution in [0.3, 0.4) is 0 Å². The number of hydrogen-bond donors (Lipinski definition) is 0. The zero-order chi connectivity index (χ0) is 22.1. The molecule has 1 aliphatic rings. The summed E-state index contributed by atoms with van der Waals surface area (Å²) in [6.45, 7) is 8.41. The molecule has 0 saturated heterocycles. The lowest BCUT2D eigenvalue weighted by Crippen LogP contribution is -2.36. The number of anilines is 1. The number of benzene rings is 2. The van der Waals surface area contributed by atoms with Crippen molar-refractivity contribution in [1.29, 1.82) is 0 Å². The van der Waals surface area contributed by atoms with Crippen molar-refractivity contribution in [3.05, 3.63) is 88.2 Å². The number of hydrogen-bond acceptors (Lipinski definition) is 3. The molecule has 0 bridgehead atoms. The van der Waals surface area contributed by atoms with E-state index in [9.17, 15) is 9.59 Å². The van der Waals surface area contributed by atoms with Crippen molar-refractivity contribution in [1.82, 2.24) is 4.57 Å². The quantitative estimate of drug-likeness (QED) is 0.555. The minimum Gasteiger partial charge on any atom is -0.461 e. The summed E-state index contributed by atoms with van der Waals surface area (Å²) in [6.07, 6.45) is 0.829. The molecule has 0 saturated carbocycles. The van der Waals surface area contributed by atoms with Gasteiger partial charge in [-0.15, -0.1) is 0 Å². The molecule has 3 aromatic rings. The van der Waals surface area contributed by atoms with Gasteiger partial charge >= 0.3 is 5.97 Å². The molecule has 5 nitrogen and oxygen atoms in total. The van der Waals surface area contributed by atoms with E-state index in [0.29, 0.717) is 23.4 Å². The highest BCUT2D eigenvalue weighted by Gasteiger charge is 2.35. The van der Waals surface area contributed by atoms with Gasteiger partial charge in [-0.1, -0.05) is 48.5 Å². The Hall–Kier alpha value is -3.34. The summed E-state index contributed by atoms with van der Waals surface area (Å²) < 4.78 is 7.27. The standard InChI is InChI=1S/C26H28N2O3/c1-5-31-26(30)24-18(3)23(19(4)27(24)16-20-11-7-6-8-12-20)25(29)28-17(2)15-21-13-9-10-14-22(21)28/h6-14,17H,5,15-16H2,1-4H3. The second kappa shape index (κ2) is 8.42. The van der Waals surface area contributed by atoms with Crippen LogP contribution in [0.15, 0.2) is 54.6 Å². The molecule has 31 heavy (non-hydrogen) atoms. The molecule has 1 aromatic heterocycles. The zero-order valence-corrected chi connectivity index (χ0v) is 18.5. The number of nitrogens with zero attached hydrogens (tertiary/aromatic N) is 2. The van der Waals surface area contributed by atoms with Crippen molar-refractivity contribution >= 4 is 17.6 Å². The Morgan fingerprint density at radius 1 is 1.03 bits per heavy atom. The fourth-order valence-electron chi connectivity index (χ4n) is 4.63. The van der Waals surface area contributed by atoms with Gasteiger partial charge in [0.1, 0.15) is 5.69 Å². The molecule has 1 atom stereocenters. The molecular formula is C26H28N2O3. The van der Waals surface area contributed by atoms with E-state index >= 15 is 0 Å². The Balaban J connectivity index is 1.82. The molecule has 4 rings (SSSR count). The van der Waals surface area contributed by atoms with Gasteiger partial charge in [-0.2, -0.15) is 0 Å². The minimum atomic E-state index is -0.395. The third kappa shape index (κ3) is 3.65. The van der Waals surface area contributed by atoms with Gasteiger partial charge in [0, 0.05) is 24.0 Å². The molecule has 0 radical (unpaired) electrons. The second-order valence-corrected chi connectivity index (χ2v) is 8.08. The van der Waals surface area contributed by atoms with E-state index in [2.05, 4.69) is 13.0 Å². The molecule has 0 N–H and O–H groups in total. The Kier molecular flexibility index (Phi) is 5.68. The smallest absolute Gasteiger partial charge is 0.355 e. The number of amides is 1. The van der Waals surface area contributed by atoms with Crippen molar-refractivity contribution in [2.24, 2.45) is 0 Å². The summed E-state index contributed by atoms with van der Waals surface area (Å²) in [5.74, 6) is -0.460. The first-order valence-electron chi connectivity index (χ1n) is 10.8. The SMILES string of the molecule is CCOC(=O)c1c(C)c(C(=O)N2c3ccccc3CC2C)c(C)n1Cc1ccccc1. The highest BCUT2D eigenvalue weighted by atomic mass is 16.5. The fourth-order valence-corrected chi connectivity index (χ4v) is 4.63. The summed E-state index contributed by atoms with van der Waals surface area (Å²) >= 11 is 0. The molecular weight excluding hydrogens is 388 g/mol. The predicted molar refractivity (Wildman–Crippen MR) is 122 cm³/mol. The third-order valence-corrected chi connectivity index (χ3v) is 6.06. The maximum absolute atomic E-state index is 13.8. The number of carbonyl (C=O) groups is 2. The van der Waals surface area contributed by atoms with E-state index in [1.807, 2.05) is 71.8 Å². The van der Waals surface area contributed by atoms with Crippen molar-refractivity contribution in [2.75, 3.05) is 11.5 Å². The minimum absolute atomic E-state index is 0.0622. The van der Waals surface area contributed by atoms with Crippen LogP contribution in [-0.4, -0.2) is 29.1 Å². The molecule has 1 aliphatic heterocycles. The van der Waals surface area contributed by atoms with Crippen LogP contribution < -0.4 is 4.90 Å². The summed E-state index contributed by atoms with van der Waals surface area (Å²) in [5.41, 5.74) is 5.68. The van der Waals surface area contributed by atoms with Crippen LogP contribution in [0.2, 0.25) is 0 Å². The number of aromatic nitrogens is 1. The predicted octanol–water partition coefficient (Wildman–Crippen LogP) is 4.92. The van der Waals surface area contributed by atoms with E-state index in [-0.39, 0.29) is 18.6 Å². The highest BCUT2D eigenvalue weighted by Crippen LogP contribution is 2.35. The molecule has 1 unspecified atom stereocenters. The van der Waals surface area contributed by atoms with Gasteiger partial charge in [0.05, 0.1) is 12.2 Å². The third-order valence-electron chi connectivity index (χ3n) is 6.06. The Labute approximate surface area is 183 Å². The summed E-state index contributed by atoms with van der Waals surface area (Å²) in [4.78, 5) is 28.6. The van der Waals surface area contributed by atoms with E-state index in [0.717, 1.165) is 23.4 Å². The van der Waals surface area contributed by atoms with Crippen molar-refractivity contribution in [3.8, 4) is 0 Å². The van der Waals surface area contributed by atoms with Gasteiger partial charge in [0.15, 0.2) is 0 Å². The summed E-state index contributed by atoms with van der Waals surface area (Å²) in [7, 11) is 0. The monoisotopic (exact) mass is 416 g/mol. The maximum Gasteiger partial charge on any atom is 0.355 e. The van der Waals surface area contributed by atoms with Crippen LogP contribution in [-0.2, 0) is 17.7 Å². The number of rotatable bonds is 5. The topological polar surface area (TPSA) is 51.5 Å². The van der Waals surface area contributed by atoms with Gasteiger partial charge in [0.2, 0.25) is 0 Å². The van der Waals surface area contributed by atoms with Crippen LogP contribution in [0, 0.1) is 13.8 Å². The average Bonchev–Trinajstić information content (AvgIpc) is 3.21. The number of fused-ring (bicyclic) bond motifs is 1. The summed E-state index contributed by atoms with van der Waals surface area (Å²) in [5, 5.41) is 0. The van der Waals surface area contributed by atoms with Gasteiger partial charge < -0.3 is 14.2 Å². The van der Waals surface area contributed by atoms with E-state index in [4.69, 9.17) is 4.74 Å². The van der Waals surface area contributed by atoms with E-state index in [1.165, 1.54) is 5.56 Å². The van der Waals surface area contributed by atoms with Crippen LogP contribution in [0.25, 0.3) is 0 Å². The van der Waals surface area contributed by atoms with Gasteiger partial charge in [-0.05, 0) is 56.9 Å². The molecule has 160 valence electrons. The first-order chi connectivity index (χ1) is 14.9. The van der Waals surface area contributed by atoms with E-state index < -0.39 is 5.97 Å². The first-order valence-corrected chi connectivity index (χ1v) is 10.8. The highest BCUT2D eigenvalue weighted by molar-refractivity contribution is 6.11. The Bertz CT molecular complexity index is 1130. The second-order valence-electron chi connectivity index (χ2n) is 8.08. The van der Waals surface area contributed by atoms with Crippen LogP contribution >= 0.6 is 0 Å². The number of esters is 1. The lowest BCUT2D eigenvalue weighted by Gasteiger charge is -2.23. The fraction of sp³-hybridized carbons (Fsp3) is 0.308.